The Kier molecular flexibility index (Phi) is 4.44. The summed E-state index contributed by atoms with van der Waals surface area (Å²) in [7, 11) is 0. The van der Waals surface area contributed by atoms with Gasteiger partial charge in [-0.1, -0.05) is 12.1 Å². The molecule has 1 heterocycles. The van der Waals surface area contributed by atoms with Crippen LogP contribution in [0.5, 0.6) is 0 Å². The summed E-state index contributed by atoms with van der Waals surface area (Å²) in [6.45, 7) is 0. The smallest absolute Gasteiger partial charge is 0.296 e. The van der Waals surface area contributed by atoms with Gasteiger partial charge in [-0.2, -0.15) is 13.2 Å². The lowest BCUT2D eigenvalue weighted by molar-refractivity contribution is -0.137. The van der Waals surface area contributed by atoms with Crippen LogP contribution in [0.15, 0.2) is 47.4 Å². The standard InChI is InChI=1S/C14H10F3NOS/c15-14(16,17)10-3-1-6-13(7-10)20-9-12-5-2-4-11(8-19)18-12/h1-8H,9H2. The van der Waals surface area contributed by atoms with Crippen molar-refractivity contribution in [3.63, 3.8) is 0 Å². The van der Waals surface area contributed by atoms with E-state index >= 15 is 0 Å². The van der Waals surface area contributed by atoms with Crippen LogP contribution in [0.4, 0.5) is 13.2 Å². The molecule has 0 radical (unpaired) electrons. The van der Waals surface area contributed by atoms with Gasteiger partial charge in [-0.05, 0) is 30.3 Å². The fourth-order valence-electron chi connectivity index (χ4n) is 1.56. The number of rotatable bonds is 4. The number of carbonyl (C=O) groups excluding carboxylic acids is 1. The molecule has 0 atom stereocenters. The molecule has 0 amide bonds. The number of alkyl halides is 3. The highest BCUT2D eigenvalue weighted by molar-refractivity contribution is 7.98. The van der Waals surface area contributed by atoms with Gasteiger partial charge >= 0.3 is 6.18 Å². The van der Waals surface area contributed by atoms with E-state index in [-0.39, 0.29) is 0 Å². The molecule has 1 aromatic carbocycles. The minimum Gasteiger partial charge on any atom is -0.296 e. The Morgan fingerprint density at radius 3 is 2.60 bits per heavy atom. The Hall–Kier alpha value is -1.82. The van der Waals surface area contributed by atoms with Crippen LogP contribution in [0.1, 0.15) is 21.7 Å². The molecule has 0 aliphatic rings. The summed E-state index contributed by atoms with van der Waals surface area (Å²) in [6.07, 6.45) is -3.70. The molecular formula is C14H10F3NOS. The average Bonchev–Trinajstić information content (AvgIpc) is 2.45. The average molecular weight is 297 g/mol. The Labute approximate surface area is 118 Å². The second-order valence-electron chi connectivity index (χ2n) is 3.99. The monoisotopic (exact) mass is 297 g/mol. The molecule has 0 saturated heterocycles. The van der Waals surface area contributed by atoms with Gasteiger partial charge in [0, 0.05) is 10.6 Å². The van der Waals surface area contributed by atoms with Gasteiger partial charge in [0.2, 0.25) is 0 Å². The molecule has 0 N–H and O–H groups in total. The first-order valence-corrected chi connectivity index (χ1v) is 6.69. The van der Waals surface area contributed by atoms with Gasteiger partial charge in [0.15, 0.2) is 6.29 Å². The van der Waals surface area contributed by atoms with Crippen LogP contribution >= 0.6 is 11.8 Å². The minimum atomic E-state index is -4.34. The Morgan fingerprint density at radius 2 is 1.90 bits per heavy atom. The van der Waals surface area contributed by atoms with Crippen LogP contribution in [0.3, 0.4) is 0 Å². The fourth-order valence-corrected chi connectivity index (χ4v) is 2.42. The molecular weight excluding hydrogens is 287 g/mol. The molecule has 0 aliphatic carbocycles. The van der Waals surface area contributed by atoms with Gasteiger partial charge in [0.1, 0.15) is 5.69 Å². The highest BCUT2D eigenvalue weighted by Crippen LogP contribution is 2.32. The van der Waals surface area contributed by atoms with Crippen molar-refractivity contribution in [2.45, 2.75) is 16.8 Å². The predicted molar refractivity (Wildman–Crippen MR) is 70.6 cm³/mol. The predicted octanol–water partition coefficient (Wildman–Crippen LogP) is 4.21. The zero-order valence-corrected chi connectivity index (χ0v) is 11.0. The Morgan fingerprint density at radius 1 is 1.15 bits per heavy atom. The second-order valence-corrected chi connectivity index (χ2v) is 5.03. The third kappa shape index (κ3) is 3.84. The van der Waals surface area contributed by atoms with E-state index in [1.54, 1.807) is 24.3 Å². The van der Waals surface area contributed by atoms with Crippen molar-refractivity contribution in [2.24, 2.45) is 0 Å². The highest BCUT2D eigenvalue weighted by atomic mass is 32.2. The van der Waals surface area contributed by atoms with E-state index in [0.717, 1.165) is 12.1 Å². The summed E-state index contributed by atoms with van der Waals surface area (Å²) in [5, 5.41) is 0. The summed E-state index contributed by atoms with van der Waals surface area (Å²) in [5.74, 6) is 0.406. The van der Waals surface area contributed by atoms with Crippen LogP contribution < -0.4 is 0 Å². The maximum Gasteiger partial charge on any atom is 0.416 e. The van der Waals surface area contributed by atoms with Crippen molar-refractivity contribution in [1.82, 2.24) is 4.98 Å². The zero-order chi connectivity index (χ0) is 14.6. The maximum absolute atomic E-state index is 12.6. The van der Waals surface area contributed by atoms with Gasteiger partial charge in [-0.3, -0.25) is 4.79 Å². The quantitative estimate of drug-likeness (QED) is 0.625. The van der Waals surface area contributed by atoms with Crippen LogP contribution in [0.2, 0.25) is 0 Å². The summed E-state index contributed by atoms with van der Waals surface area (Å²) in [6, 6.07) is 10.1. The van der Waals surface area contributed by atoms with E-state index in [1.165, 1.54) is 17.8 Å². The van der Waals surface area contributed by atoms with Gasteiger partial charge in [-0.25, -0.2) is 4.98 Å². The molecule has 0 bridgehead atoms. The first-order chi connectivity index (χ1) is 9.49. The van der Waals surface area contributed by atoms with Gasteiger partial charge in [0.25, 0.3) is 0 Å². The van der Waals surface area contributed by atoms with Crippen LogP contribution in [0.25, 0.3) is 0 Å². The summed E-state index contributed by atoms with van der Waals surface area (Å²) in [5.41, 5.74) is 0.293. The van der Waals surface area contributed by atoms with E-state index in [4.69, 9.17) is 0 Å². The molecule has 0 spiro atoms. The lowest BCUT2D eigenvalue weighted by atomic mass is 10.2. The number of aldehydes is 1. The number of thioether (sulfide) groups is 1. The SMILES string of the molecule is O=Cc1cccc(CSc2cccc(C(F)(F)F)c2)n1. The van der Waals surface area contributed by atoms with Crippen LogP contribution in [-0.4, -0.2) is 11.3 Å². The number of hydrogen-bond donors (Lipinski definition) is 0. The van der Waals surface area contributed by atoms with Gasteiger partial charge in [-0.15, -0.1) is 11.8 Å². The largest absolute Gasteiger partial charge is 0.416 e. The summed E-state index contributed by atoms with van der Waals surface area (Å²) in [4.78, 5) is 15.2. The van der Waals surface area contributed by atoms with Crippen molar-refractivity contribution < 1.29 is 18.0 Å². The molecule has 0 saturated carbocycles. The Balaban J connectivity index is 2.09. The van der Waals surface area contributed by atoms with Crippen molar-refractivity contribution in [1.29, 1.82) is 0 Å². The fraction of sp³-hybridized carbons (Fsp3) is 0.143. The van der Waals surface area contributed by atoms with E-state index in [0.29, 0.717) is 28.3 Å². The molecule has 104 valence electrons. The molecule has 0 aliphatic heterocycles. The number of benzene rings is 1. The van der Waals surface area contributed by atoms with Crippen molar-refractivity contribution in [2.75, 3.05) is 0 Å². The summed E-state index contributed by atoms with van der Waals surface area (Å²) >= 11 is 1.24. The van der Waals surface area contributed by atoms with Gasteiger partial charge < -0.3 is 0 Å². The van der Waals surface area contributed by atoms with Crippen molar-refractivity contribution >= 4 is 18.0 Å². The van der Waals surface area contributed by atoms with Crippen LogP contribution in [-0.2, 0) is 11.9 Å². The second kappa shape index (κ2) is 6.09. The van der Waals surface area contributed by atoms with E-state index in [1.807, 2.05) is 0 Å². The number of aromatic nitrogens is 1. The Bertz CT molecular complexity index is 613. The number of nitrogens with zero attached hydrogens (tertiary/aromatic N) is 1. The molecule has 0 unspecified atom stereocenters. The van der Waals surface area contributed by atoms with Gasteiger partial charge in [0.05, 0.1) is 11.3 Å². The molecule has 6 heteroatoms. The lowest BCUT2D eigenvalue weighted by Crippen LogP contribution is -2.04. The number of hydrogen-bond acceptors (Lipinski definition) is 3. The molecule has 2 nitrogen and oxygen atoms in total. The van der Waals surface area contributed by atoms with Crippen LogP contribution in [0, 0.1) is 0 Å². The van der Waals surface area contributed by atoms with E-state index in [9.17, 15) is 18.0 Å². The van der Waals surface area contributed by atoms with Crippen molar-refractivity contribution in [3.8, 4) is 0 Å². The molecule has 0 fully saturated rings. The number of carbonyl (C=O) groups is 1. The van der Waals surface area contributed by atoms with Crippen molar-refractivity contribution in [3.05, 3.63) is 59.4 Å². The topological polar surface area (TPSA) is 30.0 Å². The van der Waals surface area contributed by atoms with E-state index < -0.39 is 11.7 Å². The first kappa shape index (κ1) is 14.6. The minimum absolute atomic E-state index is 0.312. The summed E-state index contributed by atoms with van der Waals surface area (Å²) < 4.78 is 37.7. The first-order valence-electron chi connectivity index (χ1n) is 5.70. The lowest BCUT2D eigenvalue weighted by Gasteiger charge is -2.08. The third-order valence-electron chi connectivity index (χ3n) is 2.50. The van der Waals surface area contributed by atoms with E-state index in [2.05, 4.69) is 4.98 Å². The molecule has 1 aromatic heterocycles. The molecule has 20 heavy (non-hydrogen) atoms. The highest BCUT2D eigenvalue weighted by Gasteiger charge is 2.30. The molecule has 2 aromatic rings. The zero-order valence-electron chi connectivity index (χ0n) is 10.2. The normalized spacial score (nSPS) is 11.3. The number of pyridine rings is 1. The maximum atomic E-state index is 12.6. The molecule has 2 rings (SSSR count). The number of halogens is 3. The third-order valence-corrected chi connectivity index (χ3v) is 3.52.